The topological polar surface area (TPSA) is 104 Å². The summed E-state index contributed by atoms with van der Waals surface area (Å²) >= 11 is 12.6. The fraction of sp³-hybridized carbons (Fsp3) is 0.265. The summed E-state index contributed by atoms with van der Waals surface area (Å²) in [7, 11) is 0. The van der Waals surface area contributed by atoms with E-state index in [0.717, 1.165) is 11.1 Å². The molecule has 0 unspecified atom stereocenters. The molecular weight excluding hydrogens is 618 g/mol. The van der Waals surface area contributed by atoms with Crippen molar-refractivity contribution in [1.82, 2.24) is 15.2 Å². The van der Waals surface area contributed by atoms with E-state index in [4.69, 9.17) is 27.9 Å². The average molecular weight is 650 g/mol. The summed E-state index contributed by atoms with van der Waals surface area (Å²) in [6.07, 6.45) is 0. The van der Waals surface area contributed by atoms with Gasteiger partial charge in [0.2, 0.25) is 0 Å². The second kappa shape index (κ2) is 12.4. The fourth-order valence-electron chi connectivity index (χ4n) is 6.75. The van der Waals surface area contributed by atoms with Crippen LogP contribution in [0.25, 0.3) is 0 Å². The van der Waals surface area contributed by atoms with Crippen LogP contribution in [-0.4, -0.2) is 46.1 Å². The summed E-state index contributed by atoms with van der Waals surface area (Å²) in [4.78, 5) is 32.3. The number of hydrogen-bond acceptors (Lipinski definition) is 6. The minimum absolute atomic E-state index is 0.0468. The maximum atomic E-state index is 16.1. The summed E-state index contributed by atoms with van der Waals surface area (Å²) in [5, 5.41) is 16.1. The molecule has 4 aromatic rings. The van der Waals surface area contributed by atoms with Gasteiger partial charge in [-0.2, -0.15) is 0 Å². The van der Waals surface area contributed by atoms with Crippen molar-refractivity contribution in [2.24, 2.45) is 0 Å². The molecule has 3 aromatic carbocycles. The molecule has 0 aliphatic carbocycles. The number of ether oxygens (including phenoxy) is 1. The van der Waals surface area contributed by atoms with E-state index in [1.54, 1.807) is 48.5 Å². The molecule has 1 spiro atoms. The Morgan fingerprint density at radius 3 is 2.64 bits per heavy atom. The lowest BCUT2D eigenvalue weighted by Crippen LogP contribution is -2.50. The number of carboxylic acids is 1. The molecule has 0 radical (unpaired) electrons. The zero-order valence-electron chi connectivity index (χ0n) is 24.6. The number of halogens is 3. The molecular formula is C34H31Cl2FN4O4. The Morgan fingerprint density at radius 2 is 1.91 bits per heavy atom. The number of rotatable bonds is 9. The third-order valence-corrected chi connectivity index (χ3v) is 9.14. The minimum atomic E-state index is -1.38. The lowest BCUT2D eigenvalue weighted by molar-refractivity contribution is -0.127. The van der Waals surface area contributed by atoms with Gasteiger partial charge < -0.3 is 20.5 Å². The highest BCUT2D eigenvalue weighted by molar-refractivity contribution is 6.31. The van der Waals surface area contributed by atoms with Gasteiger partial charge >= 0.3 is 5.97 Å². The molecule has 1 fully saturated rings. The van der Waals surface area contributed by atoms with Crippen LogP contribution in [0.4, 0.5) is 10.2 Å². The minimum Gasteiger partial charge on any atom is -0.494 e. The van der Waals surface area contributed by atoms with Gasteiger partial charge in [0.15, 0.2) is 0 Å². The van der Waals surface area contributed by atoms with Gasteiger partial charge in [-0.3, -0.25) is 9.69 Å². The number of pyridine rings is 1. The Balaban J connectivity index is 1.50. The van der Waals surface area contributed by atoms with Crippen LogP contribution >= 0.6 is 23.2 Å². The van der Waals surface area contributed by atoms with Gasteiger partial charge in [-0.15, -0.1) is 0 Å². The first-order valence-corrected chi connectivity index (χ1v) is 15.4. The molecule has 11 heteroatoms. The predicted molar refractivity (Wildman–Crippen MR) is 170 cm³/mol. The lowest BCUT2D eigenvalue weighted by atomic mass is 9.74. The third kappa shape index (κ3) is 5.55. The highest BCUT2D eigenvalue weighted by Crippen LogP contribution is 2.56. The number of carbonyl (C=O) groups excluding carboxylic acids is 1. The van der Waals surface area contributed by atoms with Gasteiger partial charge in [0.1, 0.15) is 28.1 Å². The monoisotopic (exact) mass is 648 g/mol. The normalized spacial score (nSPS) is 21.5. The van der Waals surface area contributed by atoms with Crippen molar-refractivity contribution in [2.45, 2.75) is 43.9 Å². The number of likely N-dealkylation sites (tertiary alicyclic amines) is 1. The van der Waals surface area contributed by atoms with Gasteiger partial charge in [-0.1, -0.05) is 59.6 Å². The van der Waals surface area contributed by atoms with Gasteiger partial charge in [-0.25, -0.2) is 14.2 Å². The Kier molecular flexibility index (Phi) is 8.54. The largest absolute Gasteiger partial charge is 0.494 e. The zero-order valence-corrected chi connectivity index (χ0v) is 26.1. The number of carbonyl (C=O) groups is 2. The molecule has 1 aromatic heterocycles. The summed E-state index contributed by atoms with van der Waals surface area (Å²) in [5.74, 6) is -1.68. The Labute approximate surface area is 270 Å². The summed E-state index contributed by atoms with van der Waals surface area (Å²) in [5.41, 5.74) is 1.42. The number of carboxylic acid groups (broad SMARTS) is 1. The highest BCUT2D eigenvalue weighted by Gasteiger charge is 2.64. The smallest absolute Gasteiger partial charge is 0.335 e. The number of aromatic nitrogens is 1. The van der Waals surface area contributed by atoms with Crippen LogP contribution in [0.1, 0.15) is 58.4 Å². The number of amides is 1. The number of nitrogens with one attached hydrogen (secondary N) is 2. The molecule has 8 nitrogen and oxygen atoms in total. The van der Waals surface area contributed by atoms with Gasteiger partial charge in [0.05, 0.1) is 17.2 Å². The third-order valence-electron chi connectivity index (χ3n) is 8.64. The maximum Gasteiger partial charge on any atom is 0.335 e. The van der Waals surface area contributed by atoms with Gasteiger partial charge in [0.25, 0.3) is 5.91 Å². The van der Waals surface area contributed by atoms with E-state index in [1.165, 1.54) is 6.07 Å². The molecule has 1 amide bonds. The van der Waals surface area contributed by atoms with Crippen LogP contribution in [0, 0.1) is 5.82 Å². The zero-order chi connectivity index (χ0) is 31.9. The van der Waals surface area contributed by atoms with Crippen LogP contribution in [0.3, 0.4) is 0 Å². The van der Waals surface area contributed by atoms with Crippen LogP contribution < -0.4 is 15.4 Å². The molecule has 4 atom stereocenters. The first-order chi connectivity index (χ1) is 21.6. The number of benzene rings is 3. The molecule has 232 valence electrons. The van der Waals surface area contributed by atoms with Crippen LogP contribution in [-0.2, 0) is 16.9 Å². The van der Waals surface area contributed by atoms with E-state index in [9.17, 15) is 14.7 Å². The second-order valence-corrected chi connectivity index (χ2v) is 12.0. The first-order valence-electron chi connectivity index (χ1n) is 14.6. The number of fused-ring (bicyclic) bond motifs is 2. The Morgan fingerprint density at radius 1 is 1.16 bits per heavy atom. The molecule has 1 saturated heterocycles. The molecule has 0 bridgehead atoms. The van der Waals surface area contributed by atoms with Crippen molar-refractivity contribution in [1.29, 1.82) is 0 Å². The SMILES string of the molecule is CCOc1cccc(CN2C[C@@H](N[C@H](C)c3ccc(C(=O)O)cc3)[C@H](c3cccc(Cl)c3F)[C@]23C(=O)Nc2nc(Cl)ccc23)c1. The van der Waals surface area contributed by atoms with Crippen LogP contribution in [0.5, 0.6) is 5.75 Å². The van der Waals surface area contributed by atoms with Gasteiger partial charge in [0, 0.05) is 36.7 Å². The van der Waals surface area contributed by atoms with Crippen molar-refractivity contribution in [3.8, 4) is 5.75 Å². The van der Waals surface area contributed by atoms with Crippen LogP contribution in [0.2, 0.25) is 10.2 Å². The number of nitrogens with zero attached hydrogens (tertiary/aromatic N) is 2. The van der Waals surface area contributed by atoms with E-state index in [1.807, 2.05) is 38.1 Å². The van der Waals surface area contributed by atoms with Crippen molar-refractivity contribution in [3.05, 3.63) is 123 Å². The lowest BCUT2D eigenvalue weighted by Gasteiger charge is -2.38. The molecule has 3 heterocycles. The second-order valence-electron chi connectivity index (χ2n) is 11.3. The molecule has 2 aliphatic heterocycles. The van der Waals surface area contributed by atoms with E-state index in [0.29, 0.717) is 36.8 Å². The first kappa shape index (κ1) is 31.0. The Hall–Kier alpha value is -4.02. The fourth-order valence-corrected chi connectivity index (χ4v) is 7.08. The van der Waals surface area contributed by atoms with Crippen molar-refractivity contribution in [3.63, 3.8) is 0 Å². The van der Waals surface area contributed by atoms with Crippen molar-refractivity contribution >= 4 is 40.9 Å². The van der Waals surface area contributed by atoms with Crippen LogP contribution in [0.15, 0.2) is 78.9 Å². The van der Waals surface area contributed by atoms with E-state index in [-0.39, 0.29) is 33.3 Å². The predicted octanol–water partition coefficient (Wildman–Crippen LogP) is 6.79. The van der Waals surface area contributed by atoms with Crippen molar-refractivity contribution < 1.29 is 23.8 Å². The summed E-state index contributed by atoms with van der Waals surface area (Å²) in [6.45, 7) is 5.06. The van der Waals surface area contributed by atoms with E-state index in [2.05, 4.69) is 20.5 Å². The molecule has 2 aliphatic rings. The van der Waals surface area contributed by atoms with E-state index < -0.39 is 29.3 Å². The number of anilines is 1. The van der Waals surface area contributed by atoms with E-state index >= 15 is 4.39 Å². The average Bonchev–Trinajstić information content (AvgIpc) is 3.47. The maximum absolute atomic E-state index is 16.1. The summed E-state index contributed by atoms with van der Waals surface area (Å²) in [6, 6.07) is 21.8. The molecule has 0 saturated carbocycles. The number of aromatic carboxylic acids is 1. The highest BCUT2D eigenvalue weighted by atomic mass is 35.5. The quantitative estimate of drug-likeness (QED) is 0.172. The standard InChI is InChI=1S/C34H31Cl2FN4O4/c1-3-45-23-7-4-6-20(16-23)17-41-18-27(38-19(2)21-10-12-22(13-11-21)32(42)43)29(24-8-5-9-26(35)30(24)37)34(41)25-14-15-28(36)39-31(25)40-33(34)44/h4-16,19,27,29,38H,3,17-18H2,1-2H3,(H,42,43)(H,39,40,44)/t19-,27-,29+,34-/m1/s1. The Bertz CT molecular complexity index is 1770. The molecule has 45 heavy (non-hydrogen) atoms. The van der Waals surface area contributed by atoms with Gasteiger partial charge in [-0.05, 0) is 73.0 Å². The number of hydrogen-bond donors (Lipinski definition) is 3. The molecule has 6 rings (SSSR count). The summed E-state index contributed by atoms with van der Waals surface area (Å²) < 4.78 is 21.8. The van der Waals surface area contributed by atoms with Crippen molar-refractivity contribution in [2.75, 3.05) is 18.5 Å². The molecule has 3 N–H and O–H groups in total.